The number of aromatic nitrogens is 1. The van der Waals surface area contributed by atoms with Crippen LogP contribution < -0.4 is 10.6 Å². The van der Waals surface area contributed by atoms with E-state index in [1.807, 2.05) is 6.07 Å². The average Bonchev–Trinajstić information content (AvgIpc) is 3.09. The van der Waals surface area contributed by atoms with E-state index in [-0.39, 0.29) is 11.8 Å². The molecule has 0 saturated heterocycles. The Morgan fingerprint density at radius 3 is 2.54 bits per heavy atom. The van der Waals surface area contributed by atoms with Crippen LogP contribution in [-0.4, -0.2) is 16.8 Å². The minimum absolute atomic E-state index is 0.0960. The van der Waals surface area contributed by atoms with Crippen molar-refractivity contribution in [3.05, 3.63) is 80.3 Å². The second-order valence-electron chi connectivity index (χ2n) is 6.11. The molecule has 2 N–H and O–H groups in total. The number of carbonyl (C=O) groups is 2. The third-order valence-electron chi connectivity index (χ3n) is 3.91. The van der Waals surface area contributed by atoms with Crippen LogP contribution in [0.25, 0.3) is 0 Å². The van der Waals surface area contributed by atoms with Crippen molar-refractivity contribution in [2.45, 2.75) is 19.9 Å². The number of anilines is 1. The molecule has 1 heterocycles. The van der Waals surface area contributed by atoms with Crippen LogP contribution in [0.1, 0.15) is 33.3 Å². The molecule has 5 nitrogen and oxygen atoms in total. The van der Waals surface area contributed by atoms with Gasteiger partial charge in [0.05, 0.1) is 0 Å². The van der Waals surface area contributed by atoms with Gasteiger partial charge in [-0.2, -0.15) is 0 Å². The van der Waals surface area contributed by atoms with E-state index in [2.05, 4.69) is 15.6 Å². The molecule has 2 amide bonds. The van der Waals surface area contributed by atoms with Crippen molar-refractivity contribution in [1.29, 1.82) is 0 Å². The molecule has 0 aliphatic heterocycles. The normalized spacial score (nSPS) is 10.5. The number of hydrogen-bond donors (Lipinski definition) is 2. The second kappa shape index (κ2) is 9.19. The van der Waals surface area contributed by atoms with Crippen LogP contribution in [0.15, 0.2) is 48.7 Å². The van der Waals surface area contributed by atoms with Gasteiger partial charge in [-0.05, 0) is 35.4 Å². The number of thiazole rings is 1. The van der Waals surface area contributed by atoms with Crippen LogP contribution in [0.5, 0.6) is 0 Å². The van der Waals surface area contributed by atoms with Crippen LogP contribution in [0.4, 0.5) is 5.13 Å². The van der Waals surface area contributed by atoms with E-state index in [0.29, 0.717) is 33.7 Å². The van der Waals surface area contributed by atoms with Crippen LogP contribution in [-0.2, 0) is 17.8 Å². The van der Waals surface area contributed by atoms with Gasteiger partial charge in [-0.1, -0.05) is 41.4 Å². The zero-order valence-electron chi connectivity index (χ0n) is 15.0. The Labute approximate surface area is 176 Å². The molecule has 2 aromatic carbocycles. The lowest BCUT2D eigenvalue weighted by Crippen LogP contribution is -2.19. The van der Waals surface area contributed by atoms with Gasteiger partial charge < -0.3 is 5.32 Å². The first-order valence-electron chi connectivity index (χ1n) is 8.44. The fourth-order valence-electron chi connectivity index (χ4n) is 2.47. The minimum Gasteiger partial charge on any atom is -0.352 e. The Morgan fingerprint density at radius 2 is 1.86 bits per heavy atom. The Kier molecular flexibility index (Phi) is 6.67. The van der Waals surface area contributed by atoms with E-state index in [4.69, 9.17) is 23.2 Å². The summed E-state index contributed by atoms with van der Waals surface area (Å²) < 4.78 is 0. The van der Waals surface area contributed by atoms with Crippen molar-refractivity contribution in [1.82, 2.24) is 10.3 Å². The lowest BCUT2D eigenvalue weighted by molar-refractivity contribution is -0.119. The quantitative estimate of drug-likeness (QED) is 0.578. The highest BCUT2D eigenvalue weighted by atomic mass is 35.5. The Morgan fingerprint density at radius 1 is 1.11 bits per heavy atom. The molecular formula is C20H17Cl2N3O2S. The van der Waals surface area contributed by atoms with Gasteiger partial charge >= 0.3 is 0 Å². The first-order chi connectivity index (χ1) is 13.4. The predicted molar refractivity (Wildman–Crippen MR) is 113 cm³/mol. The summed E-state index contributed by atoms with van der Waals surface area (Å²) in [5.74, 6) is -0.335. The van der Waals surface area contributed by atoms with E-state index in [0.717, 1.165) is 16.0 Å². The lowest BCUT2D eigenvalue weighted by atomic mass is 10.1. The van der Waals surface area contributed by atoms with E-state index in [1.165, 1.54) is 18.3 Å². The molecule has 0 atom stereocenters. The van der Waals surface area contributed by atoms with Gasteiger partial charge in [-0.3, -0.25) is 14.9 Å². The molecule has 0 aliphatic rings. The molecular weight excluding hydrogens is 417 g/mol. The number of nitrogens with one attached hydrogen (secondary N) is 2. The van der Waals surface area contributed by atoms with Crippen molar-refractivity contribution in [3.63, 3.8) is 0 Å². The summed E-state index contributed by atoms with van der Waals surface area (Å²) in [6.45, 7) is 1.89. The summed E-state index contributed by atoms with van der Waals surface area (Å²) in [6.07, 6.45) is 2.34. The first kappa shape index (κ1) is 20.3. The minimum atomic E-state index is -0.239. The number of benzene rings is 2. The Balaban J connectivity index is 1.61. The largest absolute Gasteiger partial charge is 0.352 e. The fraction of sp³-hybridized carbons (Fsp3) is 0.150. The summed E-state index contributed by atoms with van der Waals surface area (Å²) in [6, 6.07) is 12.4. The highest BCUT2D eigenvalue weighted by molar-refractivity contribution is 7.15. The van der Waals surface area contributed by atoms with Gasteiger partial charge in [0.2, 0.25) is 5.91 Å². The fourth-order valence-corrected chi connectivity index (χ4v) is 3.78. The number of nitrogens with zero attached hydrogens (tertiary/aromatic N) is 1. The maximum absolute atomic E-state index is 12.4. The van der Waals surface area contributed by atoms with Crippen LogP contribution >= 0.6 is 34.5 Å². The van der Waals surface area contributed by atoms with Crippen molar-refractivity contribution >= 4 is 51.5 Å². The van der Waals surface area contributed by atoms with Crippen LogP contribution in [0, 0.1) is 0 Å². The highest BCUT2D eigenvalue weighted by Gasteiger charge is 2.11. The monoisotopic (exact) mass is 433 g/mol. The summed E-state index contributed by atoms with van der Waals surface area (Å²) in [7, 11) is 0. The van der Waals surface area contributed by atoms with Gasteiger partial charge in [-0.25, -0.2) is 4.98 Å². The Hall–Kier alpha value is -2.41. The number of hydrogen-bond acceptors (Lipinski definition) is 4. The van der Waals surface area contributed by atoms with Crippen molar-refractivity contribution in [3.8, 4) is 0 Å². The molecule has 0 spiro atoms. The molecule has 1 aromatic heterocycles. The third-order valence-corrected chi connectivity index (χ3v) is 5.41. The van der Waals surface area contributed by atoms with E-state index in [9.17, 15) is 9.59 Å². The molecule has 28 heavy (non-hydrogen) atoms. The number of amides is 2. The van der Waals surface area contributed by atoms with Gasteiger partial charge in [0.25, 0.3) is 5.91 Å². The third kappa shape index (κ3) is 5.55. The topological polar surface area (TPSA) is 71.1 Å². The highest BCUT2D eigenvalue weighted by Crippen LogP contribution is 2.27. The predicted octanol–water partition coefficient (Wildman–Crippen LogP) is 4.93. The molecule has 0 radical (unpaired) electrons. The maximum Gasteiger partial charge on any atom is 0.257 e. The van der Waals surface area contributed by atoms with Gasteiger partial charge in [0.1, 0.15) is 0 Å². The summed E-state index contributed by atoms with van der Waals surface area (Å²) >= 11 is 13.5. The molecule has 3 rings (SSSR count). The van der Waals surface area contributed by atoms with E-state index >= 15 is 0 Å². The maximum atomic E-state index is 12.4. The smallest absolute Gasteiger partial charge is 0.257 e. The van der Waals surface area contributed by atoms with Crippen molar-refractivity contribution < 1.29 is 9.59 Å². The van der Waals surface area contributed by atoms with Crippen molar-refractivity contribution in [2.24, 2.45) is 0 Å². The summed E-state index contributed by atoms with van der Waals surface area (Å²) in [5.41, 5.74) is 2.38. The van der Waals surface area contributed by atoms with E-state index in [1.54, 1.807) is 42.6 Å². The van der Waals surface area contributed by atoms with Crippen LogP contribution in [0.2, 0.25) is 10.0 Å². The zero-order valence-corrected chi connectivity index (χ0v) is 17.3. The molecule has 144 valence electrons. The Bertz CT molecular complexity index is 1000. The molecule has 3 aromatic rings. The molecule has 8 heteroatoms. The summed E-state index contributed by atoms with van der Waals surface area (Å²) in [4.78, 5) is 28.6. The standard InChI is InChI=1S/C20H17Cl2N3O2S/c1-12(26)23-10-13-2-4-14(5-3-13)19(27)25-20-24-11-17(28-20)8-15-6-7-16(21)9-18(15)22/h2-7,9,11H,8,10H2,1H3,(H,23,26)(H,24,25,27). The van der Waals surface area contributed by atoms with Gasteiger partial charge in [-0.15, -0.1) is 11.3 Å². The SMILES string of the molecule is CC(=O)NCc1ccc(C(=O)Nc2ncc(Cc3ccc(Cl)cc3Cl)s2)cc1. The average molecular weight is 434 g/mol. The number of halogens is 2. The molecule has 0 saturated carbocycles. The number of carbonyl (C=O) groups excluding carboxylic acids is 2. The molecule has 0 fully saturated rings. The van der Waals surface area contributed by atoms with Crippen LogP contribution in [0.3, 0.4) is 0 Å². The molecule has 0 unspecified atom stereocenters. The summed E-state index contributed by atoms with van der Waals surface area (Å²) in [5, 5.41) is 7.23. The van der Waals surface area contributed by atoms with Gasteiger partial charge in [0.15, 0.2) is 5.13 Å². The number of rotatable bonds is 6. The zero-order chi connectivity index (χ0) is 20.1. The first-order valence-corrected chi connectivity index (χ1v) is 10.0. The van der Waals surface area contributed by atoms with Gasteiger partial charge in [0, 0.05) is 46.6 Å². The molecule has 0 aliphatic carbocycles. The molecule has 0 bridgehead atoms. The lowest BCUT2D eigenvalue weighted by Gasteiger charge is -2.05. The van der Waals surface area contributed by atoms with E-state index < -0.39 is 0 Å². The second-order valence-corrected chi connectivity index (χ2v) is 8.06. The van der Waals surface area contributed by atoms with Crippen molar-refractivity contribution in [2.75, 3.05) is 5.32 Å².